The maximum Gasteiger partial charge on any atom is 0.130 e. The van der Waals surface area contributed by atoms with Crippen LogP contribution in [-0.4, -0.2) is 23.1 Å². The molecular formula is C13H23NO3. The summed E-state index contributed by atoms with van der Waals surface area (Å²) < 4.78 is 5.55. The number of ether oxygens (including phenoxy) is 1. The van der Waals surface area contributed by atoms with Crippen LogP contribution in [0.2, 0.25) is 0 Å². The summed E-state index contributed by atoms with van der Waals surface area (Å²) in [5, 5.41) is 17.4. The van der Waals surface area contributed by atoms with Gasteiger partial charge in [-0.3, -0.25) is 0 Å². The minimum absolute atomic E-state index is 0.338. The van der Waals surface area contributed by atoms with Gasteiger partial charge in [-0.2, -0.15) is 5.48 Å². The lowest BCUT2D eigenvalue weighted by Crippen LogP contribution is -2.23. The Morgan fingerprint density at radius 2 is 2.24 bits per heavy atom. The molecule has 0 fully saturated rings. The molecule has 0 amide bonds. The minimum atomic E-state index is -0.925. The number of allylic oxidation sites excluding steroid dienone is 4. The van der Waals surface area contributed by atoms with E-state index >= 15 is 0 Å². The highest BCUT2D eigenvalue weighted by Crippen LogP contribution is 2.03. The predicted molar refractivity (Wildman–Crippen MR) is 68.4 cm³/mol. The van der Waals surface area contributed by atoms with Gasteiger partial charge in [-0.15, -0.1) is 0 Å². The lowest BCUT2D eigenvalue weighted by Gasteiger charge is -2.05. The fourth-order valence-electron chi connectivity index (χ4n) is 1.07. The quantitative estimate of drug-likeness (QED) is 0.191. The average molecular weight is 241 g/mol. The Balaban J connectivity index is 4.10. The molecule has 3 N–H and O–H groups in total. The normalized spacial score (nSPS) is 14.7. The van der Waals surface area contributed by atoms with Crippen LogP contribution >= 0.6 is 0 Å². The van der Waals surface area contributed by atoms with Gasteiger partial charge < -0.3 is 15.1 Å². The summed E-state index contributed by atoms with van der Waals surface area (Å²) in [5.74, 6) is 0.795. The molecule has 0 aromatic carbocycles. The Kier molecular flexibility index (Phi) is 10.7. The van der Waals surface area contributed by atoms with E-state index in [0.29, 0.717) is 13.0 Å². The van der Waals surface area contributed by atoms with E-state index in [2.05, 4.69) is 6.92 Å². The molecule has 0 bridgehead atoms. The maximum absolute atomic E-state index is 9.02. The summed E-state index contributed by atoms with van der Waals surface area (Å²) in [7, 11) is 0. The van der Waals surface area contributed by atoms with Gasteiger partial charge in [0, 0.05) is 6.42 Å². The smallest absolute Gasteiger partial charge is 0.130 e. The van der Waals surface area contributed by atoms with Gasteiger partial charge in [0.1, 0.15) is 12.0 Å². The Labute approximate surface area is 103 Å². The number of hydrogen-bond donors (Lipinski definition) is 3. The molecule has 98 valence electrons. The molecule has 0 saturated heterocycles. The van der Waals surface area contributed by atoms with E-state index < -0.39 is 6.23 Å². The monoisotopic (exact) mass is 241 g/mol. The third-order valence-electron chi connectivity index (χ3n) is 2.00. The van der Waals surface area contributed by atoms with Gasteiger partial charge in [-0.25, -0.2) is 0 Å². The fraction of sp³-hybridized carbons (Fsp3) is 0.538. The molecule has 1 unspecified atom stereocenters. The summed E-state index contributed by atoms with van der Waals surface area (Å²) in [6, 6.07) is 0. The molecule has 4 heteroatoms. The molecular weight excluding hydrogens is 218 g/mol. The topological polar surface area (TPSA) is 61.7 Å². The Hall–Kier alpha value is -1.10. The highest BCUT2D eigenvalue weighted by atomic mass is 16.5. The van der Waals surface area contributed by atoms with E-state index in [0.717, 1.165) is 18.6 Å². The molecule has 0 aromatic rings. The predicted octanol–water partition coefficient (Wildman–Crippen LogP) is 2.51. The van der Waals surface area contributed by atoms with Gasteiger partial charge in [0.15, 0.2) is 0 Å². The van der Waals surface area contributed by atoms with Crippen LogP contribution in [0.15, 0.2) is 36.1 Å². The summed E-state index contributed by atoms with van der Waals surface area (Å²) in [5.41, 5.74) is 1.76. The Morgan fingerprint density at radius 1 is 1.47 bits per heavy atom. The number of unbranched alkanes of at least 4 members (excludes halogenated alkanes) is 1. The zero-order valence-corrected chi connectivity index (χ0v) is 10.6. The number of aliphatic hydroxyl groups excluding tert-OH is 1. The molecule has 0 spiro atoms. The van der Waals surface area contributed by atoms with E-state index in [9.17, 15) is 0 Å². The first-order valence-electron chi connectivity index (χ1n) is 5.94. The molecule has 0 aliphatic rings. The van der Waals surface area contributed by atoms with Gasteiger partial charge in [-0.1, -0.05) is 31.6 Å². The lowest BCUT2D eigenvalue weighted by atomic mass is 10.3. The summed E-state index contributed by atoms with van der Waals surface area (Å²) >= 11 is 0. The van der Waals surface area contributed by atoms with E-state index in [-0.39, 0.29) is 0 Å². The lowest BCUT2D eigenvalue weighted by molar-refractivity contribution is 0.00440. The van der Waals surface area contributed by atoms with E-state index in [1.807, 2.05) is 25.2 Å². The van der Waals surface area contributed by atoms with Gasteiger partial charge in [0.05, 0.1) is 6.61 Å². The maximum atomic E-state index is 9.02. The summed E-state index contributed by atoms with van der Waals surface area (Å²) in [4.78, 5) is 0. The molecule has 0 aromatic heterocycles. The van der Waals surface area contributed by atoms with Crippen LogP contribution in [0, 0.1) is 0 Å². The summed E-state index contributed by atoms with van der Waals surface area (Å²) in [6.07, 6.45) is 10.7. The second kappa shape index (κ2) is 11.4. The minimum Gasteiger partial charge on any atom is -0.494 e. The standard InChI is InChI=1S/C13H23NO3/c1-3-5-11-17-12(8-4-2)9-6-7-10-13(15)14-16/h4,6-9,13-16H,3,5,10-11H2,1-2H3/b7-6+,8-4-,12-9+. The second-order valence-electron chi connectivity index (χ2n) is 3.58. The van der Waals surface area contributed by atoms with Crippen molar-refractivity contribution in [3.63, 3.8) is 0 Å². The van der Waals surface area contributed by atoms with Gasteiger partial charge in [0.25, 0.3) is 0 Å². The van der Waals surface area contributed by atoms with E-state index in [1.54, 1.807) is 17.6 Å². The SMILES string of the molecule is C\C=C/C(=C\C=C\CC(O)NO)OCCCC. The van der Waals surface area contributed by atoms with Crippen molar-refractivity contribution in [1.29, 1.82) is 0 Å². The molecule has 0 heterocycles. The Bertz CT molecular complexity index is 259. The first-order chi connectivity index (χ1) is 8.24. The fourth-order valence-corrected chi connectivity index (χ4v) is 1.07. The van der Waals surface area contributed by atoms with E-state index in [4.69, 9.17) is 15.1 Å². The van der Waals surface area contributed by atoms with E-state index in [1.165, 1.54) is 0 Å². The van der Waals surface area contributed by atoms with Crippen molar-refractivity contribution in [3.05, 3.63) is 36.1 Å². The van der Waals surface area contributed by atoms with Crippen molar-refractivity contribution in [3.8, 4) is 0 Å². The number of hydrogen-bond acceptors (Lipinski definition) is 4. The van der Waals surface area contributed by atoms with Crippen molar-refractivity contribution in [2.24, 2.45) is 0 Å². The highest BCUT2D eigenvalue weighted by molar-refractivity contribution is 5.18. The van der Waals surface area contributed by atoms with Crippen molar-refractivity contribution in [1.82, 2.24) is 5.48 Å². The molecule has 17 heavy (non-hydrogen) atoms. The average Bonchev–Trinajstić information content (AvgIpc) is 2.34. The molecule has 0 aliphatic carbocycles. The largest absolute Gasteiger partial charge is 0.494 e. The number of aliphatic hydroxyl groups is 1. The molecule has 1 atom stereocenters. The number of rotatable bonds is 9. The van der Waals surface area contributed by atoms with Crippen molar-refractivity contribution < 1.29 is 15.1 Å². The van der Waals surface area contributed by atoms with Crippen LogP contribution in [0.5, 0.6) is 0 Å². The van der Waals surface area contributed by atoms with Gasteiger partial charge >= 0.3 is 0 Å². The van der Waals surface area contributed by atoms with Crippen LogP contribution in [0.3, 0.4) is 0 Å². The van der Waals surface area contributed by atoms with Crippen LogP contribution in [0.1, 0.15) is 33.1 Å². The van der Waals surface area contributed by atoms with Crippen molar-refractivity contribution in [2.45, 2.75) is 39.3 Å². The zero-order chi connectivity index (χ0) is 12.9. The number of nitrogens with one attached hydrogen (secondary N) is 1. The van der Waals surface area contributed by atoms with Crippen molar-refractivity contribution >= 4 is 0 Å². The van der Waals surface area contributed by atoms with Gasteiger partial charge in [-0.05, 0) is 25.5 Å². The molecule has 0 rings (SSSR count). The number of hydroxylamine groups is 1. The van der Waals surface area contributed by atoms with Crippen LogP contribution in [-0.2, 0) is 4.74 Å². The first-order valence-corrected chi connectivity index (χ1v) is 5.94. The summed E-state index contributed by atoms with van der Waals surface area (Å²) in [6.45, 7) is 4.76. The molecule has 0 radical (unpaired) electrons. The van der Waals surface area contributed by atoms with Gasteiger partial charge in [0.2, 0.25) is 0 Å². The molecule has 0 saturated carbocycles. The molecule has 4 nitrogen and oxygen atoms in total. The zero-order valence-electron chi connectivity index (χ0n) is 10.6. The van der Waals surface area contributed by atoms with Crippen molar-refractivity contribution in [2.75, 3.05) is 6.61 Å². The first kappa shape index (κ1) is 15.9. The molecule has 0 aliphatic heterocycles. The van der Waals surface area contributed by atoms with Crippen LogP contribution in [0.4, 0.5) is 0 Å². The highest BCUT2D eigenvalue weighted by Gasteiger charge is 1.95. The Morgan fingerprint density at radius 3 is 2.82 bits per heavy atom. The third kappa shape index (κ3) is 9.81. The van der Waals surface area contributed by atoms with Crippen LogP contribution in [0.25, 0.3) is 0 Å². The van der Waals surface area contributed by atoms with Crippen LogP contribution < -0.4 is 5.48 Å². The second-order valence-corrected chi connectivity index (χ2v) is 3.58. The third-order valence-corrected chi connectivity index (χ3v) is 2.00.